The zero-order valence-electron chi connectivity index (χ0n) is 15.4. The molecule has 2 aromatic rings. The Hall–Kier alpha value is -3.61. The van der Waals surface area contributed by atoms with Crippen LogP contribution in [0.25, 0.3) is 6.08 Å². The van der Waals surface area contributed by atoms with Crippen molar-refractivity contribution in [3.05, 3.63) is 71.4 Å². The molecule has 2 amide bonds. The molecule has 0 unspecified atom stereocenters. The number of rotatable bonds is 9. The molecule has 2 rings (SSSR count). The van der Waals surface area contributed by atoms with Crippen LogP contribution in [0.1, 0.15) is 28.8 Å². The number of carboxylic acid groups (broad SMARTS) is 1. The summed E-state index contributed by atoms with van der Waals surface area (Å²) in [6, 6.07) is 15.5. The van der Waals surface area contributed by atoms with Crippen molar-refractivity contribution in [2.75, 3.05) is 13.7 Å². The fourth-order valence-electron chi connectivity index (χ4n) is 2.34. The Bertz CT molecular complexity index is 845. The molecule has 0 aliphatic carbocycles. The standard InChI is InChI=1S/C21H22N2O5/c1-28-17-11-9-15(10-12-17)14-18(21(27)22-13-5-8-19(24)25)23-20(26)16-6-3-2-4-7-16/h2-4,6-7,9-12,14H,5,8,13H2,1H3,(H,22,27)(H,23,26)(H,24,25)/p-1/b18-14+. The molecule has 0 bridgehead atoms. The van der Waals surface area contributed by atoms with E-state index in [1.165, 1.54) is 6.08 Å². The van der Waals surface area contributed by atoms with Gasteiger partial charge in [-0.3, -0.25) is 9.59 Å². The first-order chi connectivity index (χ1) is 13.5. The Morgan fingerprint density at radius 1 is 1.04 bits per heavy atom. The Morgan fingerprint density at radius 2 is 1.71 bits per heavy atom. The van der Waals surface area contributed by atoms with Crippen LogP contribution in [0.5, 0.6) is 5.75 Å². The topological polar surface area (TPSA) is 108 Å². The van der Waals surface area contributed by atoms with Crippen LogP contribution in [0, 0.1) is 0 Å². The lowest BCUT2D eigenvalue weighted by atomic mass is 10.1. The molecular weight excluding hydrogens is 360 g/mol. The van der Waals surface area contributed by atoms with Gasteiger partial charge in [0.05, 0.1) is 7.11 Å². The fraction of sp³-hybridized carbons (Fsp3) is 0.190. The molecule has 7 heteroatoms. The number of aliphatic carboxylic acids is 1. The average molecular weight is 381 g/mol. The molecule has 0 saturated heterocycles. The number of amides is 2. The molecule has 0 aliphatic rings. The third kappa shape index (κ3) is 6.60. The van der Waals surface area contributed by atoms with Crippen molar-refractivity contribution < 1.29 is 24.2 Å². The third-order valence-corrected chi connectivity index (χ3v) is 3.80. The van der Waals surface area contributed by atoms with Gasteiger partial charge >= 0.3 is 0 Å². The number of carboxylic acids is 1. The molecule has 7 nitrogen and oxygen atoms in total. The maximum Gasteiger partial charge on any atom is 0.267 e. The first kappa shape index (κ1) is 20.7. The van der Waals surface area contributed by atoms with E-state index in [9.17, 15) is 19.5 Å². The highest BCUT2D eigenvalue weighted by Gasteiger charge is 2.14. The number of nitrogens with one attached hydrogen (secondary N) is 2. The van der Waals surface area contributed by atoms with Crippen molar-refractivity contribution in [1.82, 2.24) is 10.6 Å². The lowest BCUT2D eigenvalue weighted by Gasteiger charge is -2.11. The first-order valence-corrected chi connectivity index (χ1v) is 8.70. The van der Waals surface area contributed by atoms with Crippen molar-refractivity contribution in [1.29, 1.82) is 0 Å². The monoisotopic (exact) mass is 381 g/mol. The number of carbonyl (C=O) groups is 3. The van der Waals surface area contributed by atoms with Crippen LogP contribution >= 0.6 is 0 Å². The van der Waals surface area contributed by atoms with Crippen molar-refractivity contribution in [3.63, 3.8) is 0 Å². The Morgan fingerprint density at radius 3 is 2.32 bits per heavy atom. The second-order valence-corrected chi connectivity index (χ2v) is 5.88. The highest BCUT2D eigenvalue weighted by molar-refractivity contribution is 6.05. The average Bonchev–Trinajstić information content (AvgIpc) is 2.71. The summed E-state index contributed by atoms with van der Waals surface area (Å²) < 4.78 is 5.11. The lowest BCUT2D eigenvalue weighted by Crippen LogP contribution is -2.35. The molecule has 0 aromatic heterocycles. The van der Waals surface area contributed by atoms with Crippen molar-refractivity contribution in [2.45, 2.75) is 12.8 Å². The number of hydrogen-bond acceptors (Lipinski definition) is 5. The Labute approximate surface area is 163 Å². The van der Waals surface area contributed by atoms with E-state index in [1.807, 2.05) is 0 Å². The van der Waals surface area contributed by atoms with E-state index in [1.54, 1.807) is 61.7 Å². The van der Waals surface area contributed by atoms with Crippen LogP contribution in [-0.4, -0.2) is 31.4 Å². The van der Waals surface area contributed by atoms with E-state index in [-0.39, 0.29) is 25.1 Å². The third-order valence-electron chi connectivity index (χ3n) is 3.80. The summed E-state index contributed by atoms with van der Waals surface area (Å²) in [5.41, 5.74) is 1.15. The minimum atomic E-state index is -1.18. The van der Waals surface area contributed by atoms with Crippen LogP contribution in [0.15, 0.2) is 60.3 Å². The largest absolute Gasteiger partial charge is 0.550 e. The summed E-state index contributed by atoms with van der Waals surface area (Å²) in [6.07, 6.45) is 1.61. The van der Waals surface area contributed by atoms with E-state index < -0.39 is 17.8 Å². The summed E-state index contributed by atoms with van der Waals surface area (Å²) in [6.45, 7) is 0.147. The van der Waals surface area contributed by atoms with Gasteiger partial charge in [-0.15, -0.1) is 0 Å². The molecular formula is C21H21N2O5-. The van der Waals surface area contributed by atoms with Gasteiger partial charge in [-0.1, -0.05) is 30.3 Å². The maximum absolute atomic E-state index is 12.5. The van der Waals surface area contributed by atoms with Gasteiger partial charge in [-0.25, -0.2) is 0 Å². The first-order valence-electron chi connectivity index (χ1n) is 8.70. The van der Waals surface area contributed by atoms with Gasteiger partial charge < -0.3 is 25.3 Å². The number of methoxy groups -OCH3 is 1. The Balaban J connectivity index is 2.16. The van der Waals surface area contributed by atoms with Crippen molar-refractivity contribution >= 4 is 23.9 Å². The summed E-state index contributed by atoms with van der Waals surface area (Å²) >= 11 is 0. The highest BCUT2D eigenvalue weighted by atomic mass is 16.5. The minimum absolute atomic E-state index is 0.0486. The van der Waals surface area contributed by atoms with Gasteiger partial charge in [0.15, 0.2) is 0 Å². The number of hydrogen-bond donors (Lipinski definition) is 2. The quantitative estimate of drug-likeness (QED) is 0.500. The molecule has 0 aliphatic heterocycles. The van der Waals surface area contributed by atoms with E-state index in [0.29, 0.717) is 16.9 Å². The summed E-state index contributed by atoms with van der Waals surface area (Å²) in [4.78, 5) is 35.4. The maximum atomic E-state index is 12.5. The van der Waals surface area contributed by atoms with E-state index in [2.05, 4.69) is 10.6 Å². The predicted molar refractivity (Wildman–Crippen MR) is 102 cm³/mol. The van der Waals surface area contributed by atoms with E-state index in [4.69, 9.17) is 4.74 Å². The zero-order valence-corrected chi connectivity index (χ0v) is 15.4. The lowest BCUT2D eigenvalue weighted by molar-refractivity contribution is -0.305. The number of ether oxygens (including phenoxy) is 1. The molecule has 0 atom stereocenters. The van der Waals surface area contributed by atoms with Gasteiger partial charge in [0, 0.05) is 18.1 Å². The second kappa shape index (κ2) is 10.5. The molecule has 0 radical (unpaired) electrons. The van der Waals surface area contributed by atoms with Gasteiger partial charge in [0.1, 0.15) is 11.4 Å². The molecule has 146 valence electrons. The fourth-order valence-corrected chi connectivity index (χ4v) is 2.34. The van der Waals surface area contributed by atoms with Crippen LogP contribution in [0.2, 0.25) is 0 Å². The van der Waals surface area contributed by atoms with Crippen molar-refractivity contribution in [3.8, 4) is 5.75 Å². The van der Waals surface area contributed by atoms with E-state index >= 15 is 0 Å². The van der Waals surface area contributed by atoms with E-state index in [0.717, 1.165) is 0 Å². The molecule has 0 fully saturated rings. The minimum Gasteiger partial charge on any atom is -0.550 e. The summed E-state index contributed by atoms with van der Waals surface area (Å²) in [5, 5.41) is 15.7. The summed E-state index contributed by atoms with van der Waals surface area (Å²) in [7, 11) is 1.55. The van der Waals surface area contributed by atoms with Gasteiger partial charge in [0.25, 0.3) is 11.8 Å². The second-order valence-electron chi connectivity index (χ2n) is 5.88. The summed E-state index contributed by atoms with van der Waals surface area (Å²) in [5.74, 6) is -1.46. The highest BCUT2D eigenvalue weighted by Crippen LogP contribution is 2.14. The Kier molecular flexibility index (Phi) is 7.77. The number of carbonyl (C=O) groups excluding carboxylic acids is 3. The number of benzene rings is 2. The molecule has 2 N–H and O–H groups in total. The van der Waals surface area contributed by atoms with Crippen LogP contribution < -0.4 is 20.5 Å². The molecule has 28 heavy (non-hydrogen) atoms. The van der Waals surface area contributed by atoms with Crippen LogP contribution in [0.4, 0.5) is 0 Å². The normalized spacial score (nSPS) is 10.8. The van der Waals surface area contributed by atoms with Gasteiger partial charge in [-0.05, 0) is 48.7 Å². The van der Waals surface area contributed by atoms with Crippen LogP contribution in [-0.2, 0) is 9.59 Å². The van der Waals surface area contributed by atoms with Crippen LogP contribution in [0.3, 0.4) is 0 Å². The predicted octanol–water partition coefficient (Wildman–Crippen LogP) is 1.11. The zero-order chi connectivity index (χ0) is 20.4. The molecule has 0 spiro atoms. The SMILES string of the molecule is COc1ccc(/C=C(/NC(=O)c2ccccc2)C(=O)NCCCC(=O)[O-])cc1. The molecule has 0 heterocycles. The molecule has 2 aromatic carbocycles. The van der Waals surface area contributed by atoms with Crippen molar-refractivity contribution in [2.24, 2.45) is 0 Å². The smallest absolute Gasteiger partial charge is 0.267 e. The van der Waals surface area contributed by atoms with Gasteiger partial charge in [-0.2, -0.15) is 0 Å². The molecule has 0 saturated carbocycles. The van der Waals surface area contributed by atoms with Gasteiger partial charge in [0.2, 0.25) is 0 Å².